The number of carbonyl (C=O) groups excluding carboxylic acids is 2. The molecule has 1 aliphatic rings. The number of benzene rings is 2. The summed E-state index contributed by atoms with van der Waals surface area (Å²) in [6, 6.07) is 14.5. The monoisotopic (exact) mass is 417 g/mol. The second-order valence-corrected chi connectivity index (χ2v) is 7.58. The molecular weight excluding hydrogens is 386 g/mol. The lowest BCUT2D eigenvalue weighted by molar-refractivity contribution is -0.125. The van der Waals surface area contributed by atoms with Crippen LogP contribution in [0, 0.1) is 0 Å². The largest absolute Gasteiger partial charge is 0.353 e. The van der Waals surface area contributed by atoms with Crippen molar-refractivity contribution in [2.24, 2.45) is 0 Å². The van der Waals surface area contributed by atoms with Crippen LogP contribution in [0.15, 0.2) is 42.5 Å². The van der Waals surface area contributed by atoms with Crippen LogP contribution >= 0.6 is 12.4 Å². The fourth-order valence-electron chi connectivity index (χ4n) is 3.89. The minimum absolute atomic E-state index is 0. The van der Waals surface area contributed by atoms with Crippen molar-refractivity contribution in [2.45, 2.75) is 51.0 Å². The minimum Gasteiger partial charge on any atom is -0.353 e. The van der Waals surface area contributed by atoms with Crippen molar-refractivity contribution in [3.05, 3.63) is 48.0 Å². The van der Waals surface area contributed by atoms with Gasteiger partial charge >= 0.3 is 0 Å². The van der Waals surface area contributed by atoms with Crippen molar-refractivity contribution >= 4 is 35.0 Å². The molecule has 0 atom stereocenters. The molecular formula is C23H32ClN3O2. The molecule has 158 valence electrons. The number of hydrogen-bond donors (Lipinski definition) is 3. The number of carbonyl (C=O) groups is 2. The van der Waals surface area contributed by atoms with Gasteiger partial charge in [-0.05, 0) is 29.2 Å². The third-order valence-electron chi connectivity index (χ3n) is 5.41. The quantitative estimate of drug-likeness (QED) is 0.455. The van der Waals surface area contributed by atoms with Gasteiger partial charge in [-0.15, -0.1) is 12.4 Å². The number of fused-ring (bicyclic) bond motifs is 1. The van der Waals surface area contributed by atoms with Gasteiger partial charge in [-0.3, -0.25) is 9.59 Å². The van der Waals surface area contributed by atoms with Crippen LogP contribution in [0.4, 0.5) is 0 Å². The number of halogens is 1. The van der Waals surface area contributed by atoms with Crippen molar-refractivity contribution in [1.82, 2.24) is 16.0 Å². The van der Waals surface area contributed by atoms with Gasteiger partial charge in [0, 0.05) is 19.1 Å². The first kappa shape index (κ1) is 23.2. The molecule has 0 saturated heterocycles. The van der Waals surface area contributed by atoms with E-state index in [0.29, 0.717) is 12.6 Å². The standard InChI is InChI=1S/C23H31N3O2.ClH/c27-22(16-19-10-7-9-18-8-5-6-13-21(18)19)26-17-23(28)25-15-14-24-20-11-3-1-2-4-12-20;/h5-10,13,20,24H,1-4,11-12,14-17H2,(H,25,28)(H,26,27);1H. The van der Waals surface area contributed by atoms with E-state index < -0.39 is 0 Å². The van der Waals surface area contributed by atoms with E-state index >= 15 is 0 Å². The highest BCUT2D eigenvalue weighted by atomic mass is 35.5. The van der Waals surface area contributed by atoms with Gasteiger partial charge in [0.25, 0.3) is 0 Å². The Morgan fingerprint density at radius 1 is 0.828 bits per heavy atom. The highest BCUT2D eigenvalue weighted by Crippen LogP contribution is 2.19. The van der Waals surface area contributed by atoms with Gasteiger partial charge in [0.05, 0.1) is 13.0 Å². The van der Waals surface area contributed by atoms with Crippen LogP contribution in [-0.2, 0) is 16.0 Å². The third kappa shape index (κ3) is 7.67. The molecule has 0 unspecified atom stereocenters. The first-order valence-corrected chi connectivity index (χ1v) is 10.5. The maximum atomic E-state index is 12.2. The molecule has 1 aliphatic carbocycles. The molecule has 2 amide bonds. The zero-order valence-corrected chi connectivity index (χ0v) is 17.7. The van der Waals surface area contributed by atoms with E-state index in [0.717, 1.165) is 22.9 Å². The maximum Gasteiger partial charge on any atom is 0.239 e. The lowest BCUT2D eigenvalue weighted by Crippen LogP contribution is -2.41. The minimum atomic E-state index is -0.145. The smallest absolute Gasteiger partial charge is 0.239 e. The Labute approximate surface area is 179 Å². The Hall–Kier alpha value is -2.11. The van der Waals surface area contributed by atoms with Gasteiger partial charge < -0.3 is 16.0 Å². The Balaban J connectivity index is 0.00000300. The van der Waals surface area contributed by atoms with E-state index in [2.05, 4.69) is 16.0 Å². The van der Waals surface area contributed by atoms with E-state index in [1.165, 1.54) is 38.5 Å². The van der Waals surface area contributed by atoms with Crippen LogP contribution in [0.3, 0.4) is 0 Å². The Kier molecular flexibility index (Phi) is 9.95. The molecule has 2 aromatic carbocycles. The Bertz CT molecular complexity index is 783. The van der Waals surface area contributed by atoms with Crippen LogP contribution in [0.1, 0.15) is 44.1 Å². The molecule has 5 nitrogen and oxygen atoms in total. The topological polar surface area (TPSA) is 70.2 Å². The number of hydrogen-bond acceptors (Lipinski definition) is 3. The van der Waals surface area contributed by atoms with Gasteiger partial charge in [-0.25, -0.2) is 0 Å². The second-order valence-electron chi connectivity index (χ2n) is 7.58. The molecule has 3 rings (SSSR count). The van der Waals surface area contributed by atoms with Crippen LogP contribution in [0.2, 0.25) is 0 Å². The zero-order chi connectivity index (χ0) is 19.6. The Morgan fingerprint density at radius 3 is 2.34 bits per heavy atom. The summed E-state index contributed by atoms with van der Waals surface area (Å²) in [5.74, 6) is -0.281. The van der Waals surface area contributed by atoms with Gasteiger partial charge in [0.15, 0.2) is 0 Å². The summed E-state index contributed by atoms with van der Waals surface area (Å²) in [6.45, 7) is 1.39. The SMILES string of the molecule is Cl.O=C(CNC(=O)Cc1cccc2ccccc12)NCCNC1CCCCCC1. The van der Waals surface area contributed by atoms with Gasteiger partial charge in [0.2, 0.25) is 11.8 Å². The predicted molar refractivity (Wildman–Crippen MR) is 120 cm³/mol. The summed E-state index contributed by atoms with van der Waals surface area (Å²) >= 11 is 0. The van der Waals surface area contributed by atoms with E-state index in [1.807, 2.05) is 42.5 Å². The van der Waals surface area contributed by atoms with Crippen LogP contribution in [0.5, 0.6) is 0 Å². The van der Waals surface area contributed by atoms with Crippen molar-refractivity contribution in [3.63, 3.8) is 0 Å². The molecule has 6 heteroatoms. The fourth-order valence-corrected chi connectivity index (χ4v) is 3.89. The first-order valence-electron chi connectivity index (χ1n) is 10.5. The van der Waals surface area contributed by atoms with Gasteiger partial charge in [-0.1, -0.05) is 68.1 Å². The summed E-state index contributed by atoms with van der Waals surface area (Å²) in [5, 5.41) is 11.3. The third-order valence-corrected chi connectivity index (χ3v) is 5.41. The lowest BCUT2D eigenvalue weighted by Gasteiger charge is -2.16. The summed E-state index contributed by atoms with van der Waals surface area (Å²) < 4.78 is 0. The summed E-state index contributed by atoms with van der Waals surface area (Å²) in [7, 11) is 0. The first-order chi connectivity index (χ1) is 13.7. The normalized spacial score (nSPS) is 14.6. The maximum absolute atomic E-state index is 12.2. The highest BCUT2D eigenvalue weighted by Gasteiger charge is 2.11. The highest BCUT2D eigenvalue weighted by molar-refractivity contribution is 5.91. The molecule has 0 spiro atoms. The van der Waals surface area contributed by atoms with E-state index in [1.54, 1.807) is 0 Å². The molecule has 0 aliphatic heterocycles. The molecule has 1 fully saturated rings. The van der Waals surface area contributed by atoms with E-state index in [9.17, 15) is 9.59 Å². The van der Waals surface area contributed by atoms with Gasteiger partial charge in [0.1, 0.15) is 0 Å². The van der Waals surface area contributed by atoms with Crippen molar-refractivity contribution < 1.29 is 9.59 Å². The number of amides is 2. The molecule has 0 heterocycles. The molecule has 29 heavy (non-hydrogen) atoms. The number of nitrogens with one attached hydrogen (secondary N) is 3. The zero-order valence-electron chi connectivity index (χ0n) is 16.9. The summed E-state index contributed by atoms with van der Waals surface area (Å²) in [4.78, 5) is 24.2. The number of rotatable bonds is 8. The Morgan fingerprint density at radius 2 is 1.55 bits per heavy atom. The van der Waals surface area contributed by atoms with Crippen molar-refractivity contribution in [3.8, 4) is 0 Å². The van der Waals surface area contributed by atoms with Crippen molar-refractivity contribution in [2.75, 3.05) is 19.6 Å². The summed E-state index contributed by atoms with van der Waals surface area (Å²) in [5.41, 5.74) is 0.976. The van der Waals surface area contributed by atoms with Crippen LogP contribution in [0.25, 0.3) is 10.8 Å². The predicted octanol–water partition coefficient (Wildman–Crippen LogP) is 3.35. The second kappa shape index (κ2) is 12.5. The van der Waals surface area contributed by atoms with Gasteiger partial charge in [-0.2, -0.15) is 0 Å². The molecule has 2 aromatic rings. The van der Waals surface area contributed by atoms with Crippen molar-refractivity contribution in [1.29, 1.82) is 0 Å². The fraction of sp³-hybridized carbons (Fsp3) is 0.478. The van der Waals surface area contributed by atoms with E-state index in [-0.39, 0.29) is 37.2 Å². The summed E-state index contributed by atoms with van der Waals surface area (Å²) in [6.07, 6.45) is 8.02. The molecule has 0 bridgehead atoms. The molecule has 1 saturated carbocycles. The average molecular weight is 418 g/mol. The van der Waals surface area contributed by atoms with Crippen LogP contribution in [-0.4, -0.2) is 37.5 Å². The lowest BCUT2D eigenvalue weighted by atomic mass is 10.0. The molecule has 0 radical (unpaired) electrons. The molecule has 0 aromatic heterocycles. The van der Waals surface area contributed by atoms with Crippen LogP contribution < -0.4 is 16.0 Å². The molecule has 3 N–H and O–H groups in total. The van der Waals surface area contributed by atoms with E-state index in [4.69, 9.17) is 0 Å². The average Bonchev–Trinajstić information content (AvgIpc) is 2.99.